The molecule has 2 rings (SSSR count). The van der Waals surface area contributed by atoms with E-state index in [0.29, 0.717) is 5.56 Å². The molecular formula is C11H9NO2S. The molecule has 0 saturated carbocycles. The zero-order chi connectivity index (χ0) is 10.7. The molecule has 3 nitrogen and oxygen atoms in total. The zero-order valence-electron chi connectivity index (χ0n) is 7.81. The summed E-state index contributed by atoms with van der Waals surface area (Å²) in [6, 6.07) is 9.94. The molecule has 0 saturated heterocycles. The van der Waals surface area contributed by atoms with Gasteiger partial charge in [-0.25, -0.2) is 0 Å². The largest absolute Gasteiger partial charge is 0.508 e. The lowest BCUT2D eigenvalue weighted by Crippen LogP contribution is -2.10. The van der Waals surface area contributed by atoms with Crippen LogP contribution in [0.4, 0.5) is 5.00 Å². The summed E-state index contributed by atoms with van der Waals surface area (Å²) in [7, 11) is 0. The summed E-state index contributed by atoms with van der Waals surface area (Å²) in [6.07, 6.45) is 0. The lowest BCUT2D eigenvalue weighted by Gasteiger charge is -2.02. The molecule has 1 aromatic carbocycles. The standard InChI is InChI=1S/C11H9NO2S/c13-9-4-1-3-8(7-9)11(14)12-10-5-2-6-15-10/h1-7,13H,(H,12,14). The molecule has 15 heavy (non-hydrogen) atoms. The highest BCUT2D eigenvalue weighted by Crippen LogP contribution is 2.17. The number of amides is 1. The predicted molar refractivity (Wildman–Crippen MR) is 60.4 cm³/mol. The third-order valence-electron chi connectivity index (χ3n) is 1.87. The highest BCUT2D eigenvalue weighted by Gasteiger charge is 2.06. The first-order valence-corrected chi connectivity index (χ1v) is 5.27. The van der Waals surface area contributed by atoms with E-state index >= 15 is 0 Å². The highest BCUT2D eigenvalue weighted by molar-refractivity contribution is 7.14. The molecular weight excluding hydrogens is 210 g/mol. The zero-order valence-corrected chi connectivity index (χ0v) is 8.62. The van der Waals surface area contributed by atoms with E-state index in [1.165, 1.54) is 23.5 Å². The summed E-state index contributed by atoms with van der Waals surface area (Å²) in [5, 5.41) is 14.6. The Morgan fingerprint density at radius 3 is 2.80 bits per heavy atom. The molecule has 0 fully saturated rings. The molecule has 0 aliphatic heterocycles. The second-order valence-electron chi connectivity index (χ2n) is 2.98. The molecule has 0 atom stereocenters. The van der Waals surface area contributed by atoms with Crippen molar-refractivity contribution in [2.45, 2.75) is 0 Å². The maximum absolute atomic E-state index is 11.6. The number of anilines is 1. The summed E-state index contributed by atoms with van der Waals surface area (Å²) in [5.41, 5.74) is 0.448. The Bertz CT molecular complexity index is 465. The monoisotopic (exact) mass is 219 g/mol. The Kier molecular flexibility index (Phi) is 2.69. The molecule has 1 aromatic heterocycles. The molecule has 76 valence electrons. The number of carbonyl (C=O) groups excluding carboxylic acids is 1. The summed E-state index contributed by atoms with van der Waals surface area (Å²) in [4.78, 5) is 11.6. The van der Waals surface area contributed by atoms with Crippen LogP contribution in [0.1, 0.15) is 10.4 Å². The summed E-state index contributed by atoms with van der Waals surface area (Å²) in [6.45, 7) is 0. The van der Waals surface area contributed by atoms with E-state index < -0.39 is 0 Å². The van der Waals surface area contributed by atoms with Crippen LogP contribution in [-0.4, -0.2) is 11.0 Å². The van der Waals surface area contributed by atoms with Crippen LogP contribution in [0.2, 0.25) is 0 Å². The van der Waals surface area contributed by atoms with E-state index in [4.69, 9.17) is 0 Å². The number of phenolic OH excluding ortho intramolecular Hbond substituents is 1. The summed E-state index contributed by atoms with van der Waals surface area (Å²) in [5.74, 6) is -0.123. The SMILES string of the molecule is O=C(Nc1cccs1)c1cccc(O)c1. The van der Waals surface area contributed by atoms with Crippen molar-refractivity contribution in [3.8, 4) is 5.75 Å². The molecule has 1 amide bonds. The third kappa shape index (κ3) is 2.35. The van der Waals surface area contributed by atoms with Crippen LogP contribution in [0, 0.1) is 0 Å². The Hall–Kier alpha value is -1.81. The number of thiophene rings is 1. The number of rotatable bonds is 2. The smallest absolute Gasteiger partial charge is 0.256 e. The van der Waals surface area contributed by atoms with Crippen LogP contribution < -0.4 is 5.32 Å². The first kappa shape index (κ1) is 9.73. The average molecular weight is 219 g/mol. The molecule has 0 radical (unpaired) electrons. The first-order chi connectivity index (χ1) is 7.25. The van der Waals surface area contributed by atoms with Gasteiger partial charge in [-0.15, -0.1) is 11.3 Å². The number of aromatic hydroxyl groups is 1. The molecule has 0 aliphatic rings. The third-order valence-corrected chi connectivity index (χ3v) is 2.65. The first-order valence-electron chi connectivity index (χ1n) is 4.39. The molecule has 0 spiro atoms. The number of benzene rings is 1. The Labute approximate surface area is 91.0 Å². The van der Waals surface area contributed by atoms with E-state index in [2.05, 4.69) is 5.32 Å². The van der Waals surface area contributed by atoms with Gasteiger partial charge >= 0.3 is 0 Å². The van der Waals surface area contributed by atoms with Crippen molar-refractivity contribution in [2.75, 3.05) is 5.32 Å². The fraction of sp³-hybridized carbons (Fsp3) is 0. The van der Waals surface area contributed by atoms with E-state index in [1.54, 1.807) is 12.1 Å². The van der Waals surface area contributed by atoms with E-state index in [1.807, 2.05) is 17.5 Å². The molecule has 2 N–H and O–H groups in total. The highest BCUT2D eigenvalue weighted by atomic mass is 32.1. The molecule has 1 heterocycles. The quantitative estimate of drug-likeness (QED) is 0.815. The van der Waals surface area contributed by atoms with Gasteiger partial charge in [0, 0.05) is 5.56 Å². The minimum absolute atomic E-state index is 0.0915. The van der Waals surface area contributed by atoms with E-state index in [0.717, 1.165) is 5.00 Å². The van der Waals surface area contributed by atoms with Gasteiger partial charge in [0.2, 0.25) is 0 Å². The molecule has 0 bridgehead atoms. The van der Waals surface area contributed by atoms with Crippen molar-refractivity contribution in [3.63, 3.8) is 0 Å². The van der Waals surface area contributed by atoms with Gasteiger partial charge in [0.05, 0.1) is 5.00 Å². The number of phenols is 1. The van der Waals surface area contributed by atoms with Gasteiger partial charge in [-0.1, -0.05) is 6.07 Å². The van der Waals surface area contributed by atoms with Gasteiger partial charge in [0.25, 0.3) is 5.91 Å². The van der Waals surface area contributed by atoms with Crippen LogP contribution in [0.3, 0.4) is 0 Å². The lowest BCUT2D eigenvalue weighted by molar-refractivity contribution is 0.102. The van der Waals surface area contributed by atoms with Crippen LogP contribution >= 0.6 is 11.3 Å². The fourth-order valence-corrected chi connectivity index (χ4v) is 1.79. The Morgan fingerprint density at radius 1 is 1.27 bits per heavy atom. The fourth-order valence-electron chi connectivity index (χ4n) is 1.18. The summed E-state index contributed by atoms with van der Waals surface area (Å²) < 4.78 is 0. The van der Waals surface area contributed by atoms with Gasteiger partial charge in [0.15, 0.2) is 0 Å². The van der Waals surface area contributed by atoms with E-state index in [9.17, 15) is 9.90 Å². The van der Waals surface area contributed by atoms with Crippen molar-refractivity contribution < 1.29 is 9.90 Å². The Morgan fingerprint density at radius 2 is 2.13 bits per heavy atom. The lowest BCUT2D eigenvalue weighted by atomic mass is 10.2. The van der Waals surface area contributed by atoms with Crippen LogP contribution in [0.5, 0.6) is 5.75 Å². The van der Waals surface area contributed by atoms with Crippen molar-refractivity contribution in [1.29, 1.82) is 0 Å². The number of hydrogen-bond donors (Lipinski definition) is 2. The van der Waals surface area contributed by atoms with Gasteiger partial charge in [-0.3, -0.25) is 4.79 Å². The number of nitrogens with one attached hydrogen (secondary N) is 1. The normalized spacial score (nSPS) is 9.87. The van der Waals surface area contributed by atoms with Crippen molar-refractivity contribution >= 4 is 22.2 Å². The topological polar surface area (TPSA) is 49.3 Å². The second kappa shape index (κ2) is 4.14. The van der Waals surface area contributed by atoms with Crippen molar-refractivity contribution in [1.82, 2.24) is 0 Å². The predicted octanol–water partition coefficient (Wildman–Crippen LogP) is 2.71. The van der Waals surface area contributed by atoms with Crippen LogP contribution in [0.15, 0.2) is 41.8 Å². The number of hydrogen-bond acceptors (Lipinski definition) is 3. The van der Waals surface area contributed by atoms with Crippen LogP contribution in [-0.2, 0) is 0 Å². The molecule has 0 unspecified atom stereocenters. The summed E-state index contributed by atoms with van der Waals surface area (Å²) >= 11 is 1.46. The van der Waals surface area contributed by atoms with Crippen LogP contribution in [0.25, 0.3) is 0 Å². The van der Waals surface area contributed by atoms with Gasteiger partial charge in [-0.05, 0) is 35.7 Å². The Balaban J connectivity index is 2.15. The van der Waals surface area contributed by atoms with Crippen molar-refractivity contribution in [2.24, 2.45) is 0 Å². The van der Waals surface area contributed by atoms with Gasteiger partial charge < -0.3 is 10.4 Å². The molecule has 0 aliphatic carbocycles. The maximum atomic E-state index is 11.6. The van der Waals surface area contributed by atoms with Gasteiger partial charge in [0.1, 0.15) is 5.75 Å². The average Bonchev–Trinajstić information content (AvgIpc) is 2.70. The second-order valence-corrected chi connectivity index (χ2v) is 3.93. The maximum Gasteiger partial charge on any atom is 0.256 e. The minimum atomic E-state index is -0.214. The minimum Gasteiger partial charge on any atom is -0.508 e. The van der Waals surface area contributed by atoms with E-state index in [-0.39, 0.29) is 11.7 Å². The van der Waals surface area contributed by atoms with Crippen molar-refractivity contribution in [3.05, 3.63) is 47.3 Å². The molecule has 4 heteroatoms. The van der Waals surface area contributed by atoms with Gasteiger partial charge in [-0.2, -0.15) is 0 Å². The molecule has 2 aromatic rings. The number of carbonyl (C=O) groups is 1.